The molecule has 0 amide bonds. The van der Waals surface area contributed by atoms with E-state index >= 15 is 0 Å². The van der Waals surface area contributed by atoms with E-state index in [-0.39, 0.29) is 6.10 Å². The lowest BCUT2D eigenvalue weighted by atomic mass is 9.87. The van der Waals surface area contributed by atoms with Gasteiger partial charge in [0, 0.05) is 5.56 Å². The SMILES string of the molecule is Cc1ccc(-c2nc(CO[C@H]3CCC[C@@H](COC(C)C(=O)O)C3)c(C)o2)cc1. The van der Waals surface area contributed by atoms with Gasteiger partial charge in [0.2, 0.25) is 5.89 Å². The number of aromatic nitrogens is 1. The molecule has 0 saturated heterocycles. The van der Waals surface area contributed by atoms with Crippen molar-refractivity contribution in [2.24, 2.45) is 5.92 Å². The lowest BCUT2D eigenvalue weighted by molar-refractivity contribution is -0.150. The van der Waals surface area contributed by atoms with Gasteiger partial charge < -0.3 is 19.0 Å². The van der Waals surface area contributed by atoms with E-state index in [1.807, 2.05) is 31.2 Å². The van der Waals surface area contributed by atoms with Gasteiger partial charge >= 0.3 is 5.97 Å². The van der Waals surface area contributed by atoms with Crippen LogP contribution in [0.2, 0.25) is 0 Å². The fourth-order valence-corrected chi connectivity index (χ4v) is 3.47. The molecular weight excluding hydrogens is 358 g/mol. The molecular formula is C22H29NO5. The number of carboxylic acids is 1. The number of oxazole rings is 1. The predicted molar refractivity (Wildman–Crippen MR) is 105 cm³/mol. The quantitative estimate of drug-likeness (QED) is 0.717. The maximum Gasteiger partial charge on any atom is 0.332 e. The molecule has 28 heavy (non-hydrogen) atoms. The highest BCUT2D eigenvalue weighted by atomic mass is 16.5. The molecule has 1 aliphatic rings. The van der Waals surface area contributed by atoms with Crippen LogP contribution in [0.5, 0.6) is 0 Å². The van der Waals surface area contributed by atoms with Gasteiger partial charge in [-0.05, 0) is 58.1 Å². The van der Waals surface area contributed by atoms with Gasteiger partial charge in [-0.25, -0.2) is 9.78 Å². The molecule has 152 valence electrons. The van der Waals surface area contributed by atoms with Gasteiger partial charge in [0.1, 0.15) is 11.5 Å². The number of benzene rings is 1. The fraction of sp³-hybridized carbons (Fsp3) is 0.545. The summed E-state index contributed by atoms with van der Waals surface area (Å²) in [7, 11) is 0. The molecule has 0 aliphatic heterocycles. The Morgan fingerprint density at radius 3 is 2.75 bits per heavy atom. The Labute approximate surface area is 165 Å². The van der Waals surface area contributed by atoms with Crippen LogP contribution in [0.25, 0.3) is 11.5 Å². The summed E-state index contributed by atoms with van der Waals surface area (Å²) >= 11 is 0. The van der Waals surface area contributed by atoms with Crippen LogP contribution in [-0.4, -0.2) is 34.9 Å². The second-order valence-corrected chi connectivity index (χ2v) is 7.67. The number of carbonyl (C=O) groups is 1. The molecule has 3 rings (SSSR count). The summed E-state index contributed by atoms with van der Waals surface area (Å²) in [6, 6.07) is 8.10. The van der Waals surface area contributed by atoms with E-state index in [2.05, 4.69) is 11.9 Å². The second-order valence-electron chi connectivity index (χ2n) is 7.67. The number of carboxylic acid groups (broad SMARTS) is 1. The predicted octanol–water partition coefficient (Wildman–Crippen LogP) is 4.52. The molecule has 0 radical (unpaired) electrons. The van der Waals surface area contributed by atoms with Crippen LogP contribution in [0.3, 0.4) is 0 Å². The molecule has 1 saturated carbocycles. The van der Waals surface area contributed by atoms with Crippen LogP contribution in [0.1, 0.15) is 49.6 Å². The largest absolute Gasteiger partial charge is 0.479 e. The van der Waals surface area contributed by atoms with Crippen molar-refractivity contribution in [2.45, 2.75) is 65.3 Å². The maximum atomic E-state index is 10.9. The summed E-state index contributed by atoms with van der Waals surface area (Å²) in [6.07, 6.45) is 3.38. The molecule has 6 heteroatoms. The number of aliphatic carboxylic acids is 1. The van der Waals surface area contributed by atoms with E-state index in [0.29, 0.717) is 25.0 Å². The Morgan fingerprint density at radius 2 is 2.04 bits per heavy atom. The van der Waals surface area contributed by atoms with Crippen molar-refractivity contribution in [1.29, 1.82) is 0 Å². The average molecular weight is 387 g/mol. The zero-order valence-electron chi connectivity index (χ0n) is 16.8. The van der Waals surface area contributed by atoms with Crippen molar-refractivity contribution in [3.63, 3.8) is 0 Å². The van der Waals surface area contributed by atoms with Gasteiger partial charge in [-0.3, -0.25) is 0 Å². The summed E-state index contributed by atoms with van der Waals surface area (Å²) in [6.45, 7) is 6.42. The Balaban J connectivity index is 1.52. The van der Waals surface area contributed by atoms with Gasteiger partial charge in [-0.15, -0.1) is 0 Å². The second kappa shape index (κ2) is 9.34. The zero-order valence-corrected chi connectivity index (χ0v) is 16.8. The van der Waals surface area contributed by atoms with E-state index in [4.69, 9.17) is 19.0 Å². The summed E-state index contributed by atoms with van der Waals surface area (Å²) in [4.78, 5) is 15.5. The molecule has 6 nitrogen and oxygen atoms in total. The highest BCUT2D eigenvalue weighted by Crippen LogP contribution is 2.28. The van der Waals surface area contributed by atoms with Crippen molar-refractivity contribution in [3.8, 4) is 11.5 Å². The van der Waals surface area contributed by atoms with Gasteiger partial charge in [-0.1, -0.05) is 24.1 Å². The first kappa shape index (κ1) is 20.6. The minimum absolute atomic E-state index is 0.140. The summed E-state index contributed by atoms with van der Waals surface area (Å²) in [5.41, 5.74) is 2.99. The van der Waals surface area contributed by atoms with Gasteiger partial charge in [0.05, 0.1) is 19.3 Å². The van der Waals surface area contributed by atoms with E-state index in [1.54, 1.807) is 6.92 Å². The standard InChI is InChI=1S/C22H29NO5/c1-14-7-9-18(10-8-14)21-23-20(15(2)28-21)13-27-19-6-4-5-17(11-19)12-26-16(3)22(24)25/h7-10,16-17,19H,4-6,11-13H2,1-3H3,(H,24,25)/t16?,17-,19+/m1/s1. The zero-order chi connectivity index (χ0) is 20.1. The van der Waals surface area contributed by atoms with Crippen LogP contribution < -0.4 is 0 Å². The summed E-state index contributed by atoms with van der Waals surface area (Å²) in [5, 5.41) is 8.93. The molecule has 1 aromatic carbocycles. The van der Waals surface area contributed by atoms with E-state index in [9.17, 15) is 4.79 Å². The lowest BCUT2D eigenvalue weighted by Gasteiger charge is -2.29. The molecule has 0 spiro atoms. The molecule has 1 aromatic heterocycles. The molecule has 2 aromatic rings. The highest BCUT2D eigenvalue weighted by Gasteiger charge is 2.25. The van der Waals surface area contributed by atoms with E-state index in [1.165, 1.54) is 5.56 Å². The van der Waals surface area contributed by atoms with Crippen LogP contribution in [0.15, 0.2) is 28.7 Å². The third-order valence-electron chi connectivity index (χ3n) is 5.31. The van der Waals surface area contributed by atoms with Crippen LogP contribution in [0.4, 0.5) is 0 Å². The Hall–Kier alpha value is -2.18. The minimum Gasteiger partial charge on any atom is -0.479 e. The number of rotatable bonds is 8. The molecule has 1 N–H and O–H groups in total. The Morgan fingerprint density at radius 1 is 1.29 bits per heavy atom. The van der Waals surface area contributed by atoms with Crippen molar-refractivity contribution in [2.75, 3.05) is 6.61 Å². The number of nitrogens with zero attached hydrogens (tertiary/aromatic N) is 1. The maximum absolute atomic E-state index is 10.9. The first-order chi connectivity index (χ1) is 13.4. The first-order valence-corrected chi connectivity index (χ1v) is 9.91. The van der Waals surface area contributed by atoms with Crippen molar-refractivity contribution in [3.05, 3.63) is 41.3 Å². The van der Waals surface area contributed by atoms with Crippen molar-refractivity contribution >= 4 is 5.97 Å². The topological polar surface area (TPSA) is 81.8 Å². The summed E-state index contributed by atoms with van der Waals surface area (Å²) < 4.78 is 17.4. The average Bonchev–Trinajstić information content (AvgIpc) is 3.06. The van der Waals surface area contributed by atoms with Crippen molar-refractivity contribution < 1.29 is 23.8 Å². The molecule has 1 heterocycles. The van der Waals surface area contributed by atoms with E-state index in [0.717, 1.165) is 42.7 Å². The van der Waals surface area contributed by atoms with Crippen LogP contribution >= 0.6 is 0 Å². The van der Waals surface area contributed by atoms with Crippen LogP contribution in [-0.2, 0) is 20.9 Å². The highest BCUT2D eigenvalue weighted by molar-refractivity contribution is 5.71. The Bertz CT molecular complexity index is 783. The normalized spacial score (nSPS) is 20.8. The third kappa shape index (κ3) is 5.42. The van der Waals surface area contributed by atoms with E-state index < -0.39 is 12.1 Å². The van der Waals surface area contributed by atoms with Crippen LogP contribution in [0, 0.1) is 19.8 Å². The van der Waals surface area contributed by atoms with Gasteiger partial charge in [0.15, 0.2) is 6.10 Å². The van der Waals surface area contributed by atoms with Gasteiger partial charge in [0.25, 0.3) is 0 Å². The first-order valence-electron chi connectivity index (χ1n) is 9.91. The number of ether oxygens (including phenoxy) is 2. The molecule has 0 bridgehead atoms. The number of hydrogen-bond acceptors (Lipinski definition) is 5. The Kier molecular flexibility index (Phi) is 6.86. The molecule has 1 fully saturated rings. The summed E-state index contributed by atoms with van der Waals surface area (Å²) in [5.74, 6) is 0.812. The molecule has 1 aliphatic carbocycles. The molecule has 3 atom stereocenters. The smallest absolute Gasteiger partial charge is 0.332 e. The fourth-order valence-electron chi connectivity index (χ4n) is 3.47. The molecule has 1 unspecified atom stereocenters. The number of hydrogen-bond donors (Lipinski definition) is 1. The van der Waals surface area contributed by atoms with Crippen molar-refractivity contribution in [1.82, 2.24) is 4.98 Å². The third-order valence-corrected chi connectivity index (χ3v) is 5.31. The minimum atomic E-state index is -0.922. The lowest BCUT2D eigenvalue weighted by Crippen LogP contribution is -2.29. The monoisotopic (exact) mass is 387 g/mol. The van der Waals surface area contributed by atoms with Gasteiger partial charge in [-0.2, -0.15) is 0 Å². The number of aryl methyl sites for hydroxylation is 2.